The van der Waals surface area contributed by atoms with Crippen molar-refractivity contribution in [2.24, 2.45) is 0 Å². The van der Waals surface area contributed by atoms with E-state index in [0.717, 1.165) is 25.7 Å². The molecule has 2 N–H and O–H groups in total. The van der Waals surface area contributed by atoms with E-state index < -0.39 is 16.8 Å². The normalized spacial score (nSPS) is 12.3. The number of nitrogens with one attached hydrogen (secondary N) is 2. The predicted octanol–water partition coefficient (Wildman–Crippen LogP) is 2.45. The Morgan fingerprint density at radius 3 is 2.46 bits per heavy atom. The van der Waals surface area contributed by atoms with Gasteiger partial charge >= 0.3 is 5.97 Å². The Morgan fingerprint density at radius 1 is 1.14 bits per heavy atom. The van der Waals surface area contributed by atoms with Gasteiger partial charge in [0.2, 0.25) is 5.91 Å². The largest absolute Gasteiger partial charge is 0.423 e. The van der Waals surface area contributed by atoms with Crippen LogP contribution in [0.3, 0.4) is 0 Å². The molecule has 0 saturated carbocycles. The van der Waals surface area contributed by atoms with Crippen LogP contribution in [0.25, 0.3) is 0 Å². The molecule has 2 aromatic rings. The zero-order valence-electron chi connectivity index (χ0n) is 19.5. The van der Waals surface area contributed by atoms with E-state index in [2.05, 4.69) is 29.4 Å². The van der Waals surface area contributed by atoms with E-state index in [0.29, 0.717) is 23.5 Å². The number of anilines is 2. The summed E-state index contributed by atoms with van der Waals surface area (Å²) in [5.74, 6) is -1.16. The van der Waals surface area contributed by atoms with Crippen LogP contribution in [-0.4, -0.2) is 66.9 Å². The molecule has 0 spiro atoms. The molecule has 1 aliphatic heterocycles. The van der Waals surface area contributed by atoms with Crippen LogP contribution in [-0.2, 0) is 9.59 Å². The molecular weight excluding hydrogens is 478 g/mol. The summed E-state index contributed by atoms with van der Waals surface area (Å²) in [7, 11) is 0. The number of carbonyl (C=O) groups is 3. The number of esters is 1. The summed E-state index contributed by atoms with van der Waals surface area (Å²) < 4.78 is 5.08. The van der Waals surface area contributed by atoms with Crippen LogP contribution in [0, 0.1) is 10.1 Å². The molecule has 0 unspecified atom stereocenters. The monoisotopic (exact) mass is 505 g/mol. The molecule has 1 aliphatic rings. The minimum absolute atomic E-state index is 0. The zero-order valence-corrected chi connectivity index (χ0v) is 20.3. The lowest BCUT2D eigenvalue weighted by Crippen LogP contribution is -2.41. The van der Waals surface area contributed by atoms with Gasteiger partial charge in [0.05, 0.1) is 23.2 Å². The lowest BCUT2D eigenvalue weighted by Gasteiger charge is -2.28. The van der Waals surface area contributed by atoms with E-state index in [1.807, 2.05) is 0 Å². The van der Waals surface area contributed by atoms with Gasteiger partial charge in [0, 0.05) is 30.4 Å². The van der Waals surface area contributed by atoms with E-state index in [1.165, 1.54) is 17.0 Å². The van der Waals surface area contributed by atoms with E-state index in [4.69, 9.17) is 4.74 Å². The second kappa shape index (κ2) is 12.7. The molecule has 0 radical (unpaired) electrons. The number of fused-ring (bicyclic) bond motifs is 1. The van der Waals surface area contributed by atoms with Gasteiger partial charge in [0.25, 0.3) is 11.6 Å². The van der Waals surface area contributed by atoms with Crippen LogP contribution in [0.4, 0.5) is 17.1 Å². The molecule has 1 heterocycles. The lowest BCUT2D eigenvalue weighted by atomic mass is 10.2. The molecule has 3 rings (SSSR count). The standard InChI is InChI=1S/C23H27N5O6.ClH/c1-3-26(4-2)12-11-24-23(31)16-5-7-17(8-6-16)25-21(29)14-27-15-22(30)34-20-13-18(28(32)33)9-10-19(20)27;/h5-10,13H,3-4,11-12,14-15H2,1-2H3,(H,24,31)(H,25,29);1H. The number of carbonyl (C=O) groups excluding carboxylic acids is 3. The number of likely N-dealkylation sites (N-methyl/N-ethyl adjacent to an activating group) is 1. The summed E-state index contributed by atoms with van der Waals surface area (Å²) in [6.45, 7) is 6.98. The number of ether oxygens (including phenoxy) is 1. The third kappa shape index (κ3) is 7.39. The third-order valence-electron chi connectivity index (χ3n) is 5.41. The maximum absolute atomic E-state index is 12.6. The van der Waals surface area contributed by atoms with Crippen molar-refractivity contribution in [3.8, 4) is 5.75 Å². The smallest absolute Gasteiger partial charge is 0.331 e. The number of non-ortho nitro benzene ring substituents is 1. The number of nitro groups is 1. The molecule has 2 amide bonds. The van der Waals surface area contributed by atoms with Gasteiger partial charge in [-0.3, -0.25) is 19.7 Å². The third-order valence-corrected chi connectivity index (χ3v) is 5.41. The van der Waals surface area contributed by atoms with Crippen LogP contribution in [0.1, 0.15) is 24.2 Å². The fraction of sp³-hybridized carbons (Fsp3) is 0.348. The van der Waals surface area contributed by atoms with Crippen molar-refractivity contribution in [3.05, 3.63) is 58.1 Å². The fourth-order valence-electron chi connectivity index (χ4n) is 3.54. The van der Waals surface area contributed by atoms with Gasteiger partial charge in [-0.2, -0.15) is 0 Å². The van der Waals surface area contributed by atoms with Gasteiger partial charge < -0.3 is 25.2 Å². The Labute approximate surface area is 209 Å². The molecule has 0 aliphatic carbocycles. The SMILES string of the molecule is CCN(CC)CCNC(=O)c1ccc(NC(=O)CN2CC(=O)Oc3cc([N+](=O)[O-])ccc32)cc1.Cl. The number of benzene rings is 2. The van der Waals surface area contributed by atoms with E-state index in [1.54, 1.807) is 24.3 Å². The van der Waals surface area contributed by atoms with Crippen molar-refractivity contribution in [3.63, 3.8) is 0 Å². The van der Waals surface area contributed by atoms with E-state index in [9.17, 15) is 24.5 Å². The highest BCUT2D eigenvalue weighted by Crippen LogP contribution is 2.35. The van der Waals surface area contributed by atoms with Crippen molar-refractivity contribution < 1.29 is 24.0 Å². The summed E-state index contributed by atoms with van der Waals surface area (Å²) in [5, 5.41) is 16.6. The molecule has 0 fully saturated rings. The maximum Gasteiger partial charge on any atom is 0.331 e. The summed E-state index contributed by atoms with van der Waals surface area (Å²) in [6, 6.07) is 10.4. The zero-order chi connectivity index (χ0) is 24.7. The van der Waals surface area contributed by atoms with Gasteiger partial charge in [-0.1, -0.05) is 13.8 Å². The molecule has 0 aromatic heterocycles. The highest BCUT2D eigenvalue weighted by atomic mass is 35.5. The fourth-order valence-corrected chi connectivity index (χ4v) is 3.54. The number of hydrogen-bond acceptors (Lipinski definition) is 8. The second-order valence-electron chi connectivity index (χ2n) is 7.65. The number of halogens is 1. The number of nitrogens with zero attached hydrogens (tertiary/aromatic N) is 3. The van der Waals surface area contributed by atoms with Gasteiger partial charge in [-0.25, -0.2) is 4.79 Å². The van der Waals surface area contributed by atoms with Crippen LogP contribution >= 0.6 is 12.4 Å². The minimum Gasteiger partial charge on any atom is -0.423 e. The lowest BCUT2D eigenvalue weighted by molar-refractivity contribution is -0.384. The highest BCUT2D eigenvalue weighted by Gasteiger charge is 2.27. The number of rotatable bonds is 10. The van der Waals surface area contributed by atoms with Crippen molar-refractivity contribution in [1.82, 2.24) is 10.2 Å². The molecule has 35 heavy (non-hydrogen) atoms. The highest BCUT2D eigenvalue weighted by molar-refractivity contribution is 5.98. The molecule has 11 nitrogen and oxygen atoms in total. The van der Waals surface area contributed by atoms with Crippen molar-refractivity contribution in [1.29, 1.82) is 0 Å². The van der Waals surface area contributed by atoms with Crippen LogP contribution in [0.5, 0.6) is 5.75 Å². The first-order valence-corrected chi connectivity index (χ1v) is 10.9. The topological polar surface area (TPSA) is 134 Å². The minimum atomic E-state index is -0.614. The van der Waals surface area contributed by atoms with E-state index in [-0.39, 0.29) is 42.8 Å². The predicted molar refractivity (Wildman–Crippen MR) is 133 cm³/mol. The number of amides is 2. The van der Waals surface area contributed by atoms with E-state index >= 15 is 0 Å². The first kappa shape index (κ1) is 27.5. The summed E-state index contributed by atoms with van der Waals surface area (Å²) in [4.78, 5) is 50.8. The van der Waals surface area contributed by atoms with Crippen LogP contribution < -0.4 is 20.3 Å². The van der Waals surface area contributed by atoms with Crippen molar-refractivity contribution in [2.45, 2.75) is 13.8 Å². The first-order chi connectivity index (χ1) is 16.3. The maximum atomic E-state index is 12.6. The molecule has 0 atom stereocenters. The average Bonchev–Trinajstić information content (AvgIpc) is 2.81. The Bertz CT molecular complexity index is 1070. The summed E-state index contributed by atoms with van der Waals surface area (Å²) >= 11 is 0. The second-order valence-corrected chi connectivity index (χ2v) is 7.65. The van der Waals surface area contributed by atoms with Crippen LogP contribution in [0.2, 0.25) is 0 Å². The van der Waals surface area contributed by atoms with Gasteiger partial charge in [0.1, 0.15) is 6.54 Å². The molecular formula is C23H28ClN5O6. The van der Waals surface area contributed by atoms with Gasteiger partial charge in [-0.15, -0.1) is 12.4 Å². The Balaban J connectivity index is 0.00000432. The van der Waals surface area contributed by atoms with Crippen molar-refractivity contribution >= 4 is 47.3 Å². The van der Waals surface area contributed by atoms with Crippen LogP contribution in [0.15, 0.2) is 42.5 Å². The van der Waals surface area contributed by atoms with Crippen molar-refractivity contribution in [2.75, 3.05) is 49.5 Å². The molecule has 2 aromatic carbocycles. The Hall–Kier alpha value is -3.70. The Morgan fingerprint density at radius 2 is 1.83 bits per heavy atom. The molecule has 12 heteroatoms. The number of hydrogen-bond donors (Lipinski definition) is 2. The quantitative estimate of drug-likeness (QED) is 0.218. The first-order valence-electron chi connectivity index (χ1n) is 10.9. The van der Waals surface area contributed by atoms with Gasteiger partial charge in [-0.05, 0) is 43.4 Å². The Kier molecular flexibility index (Phi) is 9.98. The molecule has 0 bridgehead atoms. The molecule has 0 saturated heterocycles. The summed E-state index contributed by atoms with van der Waals surface area (Å²) in [6.07, 6.45) is 0. The van der Waals surface area contributed by atoms with Gasteiger partial charge in [0.15, 0.2) is 5.75 Å². The number of nitro benzene ring substituents is 1. The summed E-state index contributed by atoms with van der Waals surface area (Å²) in [5.41, 5.74) is 1.17. The average molecular weight is 506 g/mol. The molecule has 188 valence electrons.